The summed E-state index contributed by atoms with van der Waals surface area (Å²) >= 11 is 0. The van der Waals surface area contributed by atoms with Gasteiger partial charge in [-0.15, -0.1) is 0 Å². The highest BCUT2D eigenvalue weighted by atomic mass is 16.5. The zero-order valence-electron chi connectivity index (χ0n) is 14.0. The van der Waals surface area contributed by atoms with Crippen molar-refractivity contribution in [3.05, 3.63) is 12.1 Å². The van der Waals surface area contributed by atoms with E-state index >= 15 is 0 Å². The van der Waals surface area contributed by atoms with Crippen LogP contribution in [0, 0.1) is 5.92 Å². The Kier molecular flexibility index (Phi) is 5.44. The molecule has 0 radical (unpaired) electrons. The minimum Gasteiger partial charge on any atom is -0.493 e. The van der Waals surface area contributed by atoms with Crippen molar-refractivity contribution in [3.63, 3.8) is 0 Å². The second kappa shape index (κ2) is 7.32. The van der Waals surface area contributed by atoms with Crippen LogP contribution >= 0.6 is 0 Å². The monoisotopic (exact) mass is 320 g/mol. The van der Waals surface area contributed by atoms with Crippen molar-refractivity contribution in [2.24, 2.45) is 5.92 Å². The molecule has 0 spiro atoms. The molecule has 2 unspecified atom stereocenters. The predicted octanol–water partition coefficient (Wildman–Crippen LogP) is 2.05. The molecule has 0 amide bonds. The first-order valence-corrected chi connectivity index (χ1v) is 7.60. The third kappa shape index (κ3) is 3.56. The number of rotatable bonds is 7. The van der Waals surface area contributed by atoms with Gasteiger partial charge in [0, 0.05) is 11.5 Å². The number of nitrogens with two attached hydrogens (primary N) is 1. The van der Waals surface area contributed by atoms with E-state index in [0.717, 1.165) is 11.8 Å². The zero-order valence-corrected chi connectivity index (χ0v) is 14.0. The smallest absolute Gasteiger partial charge is 0.222 e. The molecule has 126 valence electrons. The lowest BCUT2D eigenvalue weighted by Gasteiger charge is -2.23. The number of methoxy groups -OCH3 is 2. The lowest BCUT2D eigenvalue weighted by molar-refractivity contribution is 0.241. The van der Waals surface area contributed by atoms with Gasteiger partial charge >= 0.3 is 0 Å². The van der Waals surface area contributed by atoms with Crippen LogP contribution in [0.25, 0.3) is 10.9 Å². The Morgan fingerprint density at radius 1 is 1.22 bits per heavy atom. The number of nitrogen functional groups attached to an aromatic ring is 1. The molecule has 23 heavy (non-hydrogen) atoms. The molecule has 7 nitrogen and oxygen atoms in total. The number of anilines is 2. The van der Waals surface area contributed by atoms with Gasteiger partial charge in [0.2, 0.25) is 5.95 Å². The third-order valence-electron chi connectivity index (χ3n) is 4.07. The average molecular weight is 320 g/mol. The molecule has 0 bridgehead atoms. The summed E-state index contributed by atoms with van der Waals surface area (Å²) in [5.41, 5.74) is 6.47. The van der Waals surface area contributed by atoms with E-state index in [0.29, 0.717) is 22.8 Å². The van der Waals surface area contributed by atoms with Gasteiger partial charge in [-0.2, -0.15) is 4.98 Å². The molecule has 2 rings (SSSR count). The molecule has 7 heteroatoms. The molecule has 1 aromatic carbocycles. The molecule has 4 N–H and O–H groups in total. The fourth-order valence-corrected chi connectivity index (χ4v) is 2.41. The topological polar surface area (TPSA) is 103 Å². The van der Waals surface area contributed by atoms with Crippen LogP contribution in [0.3, 0.4) is 0 Å². The number of aliphatic hydroxyl groups excluding tert-OH is 1. The van der Waals surface area contributed by atoms with Crippen LogP contribution in [0.5, 0.6) is 11.5 Å². The van der Waals surface area contributed by atoms with Gasteiger partial charge in [-0.05, 0) is 12.0 Å². The molecule has 0 aliphatic rings. The summed E-state index contributed by atoms with van der Waals surface area (Å²) in [5.74, 6) is 2.18. The van der Waals surface area contributed by atoms with Crippen LogP contribution in [-0.2, 0) is 0 Å². The average Bonchev–Trinajstić information content (AvgIpc) is 2.57. The molecular weight excluding hydrogens is 296 g/mol. The summed E-state index contributed by atoms with van der Waals surface area (Å²) in [4.78, 5) is 8.53. The molecule has 1 heterocycles. The number of nitrogens with zero attached hydrogens (tertiary/aromatic N) is 2. The molecule has 0 aliphatic heterocycles. The standard InChI is InChI=1S/C16H24N4O3/c1-5-9(2)12(8-21)18-15-10-6-13(22-3)14(23-4)7-11(10)19-16(17)20-15/h6-7,9,12,21H,5,8H2,1-4H3,(H3,17,18,19,20). The first kappa shape index (κ1) is 17.1. The van der Waals surface area contributed by atoms with Crippen molar-refractivity contribution in [1.29, 1.82) is 0 Å². The number of hydrogen-bond acceptors (Lipinski definition) is 7. The lowest BCUT2D eigenvalue weighted by Crippen LogP contribution is -2.31. The number of hydrogen-bond donors (Lipinski definition) is 3. The summed E-state index contributed by atoms with van der Waals surface area (Å²) in [7, 11) is 3.14. The molecular formula is C16H24N4O3. The predicted molar refractivity (Wildman–Crippen MR) is 91.0 cm³/mol. The summed E-state index contributed by atoms with van der Waals surface area (Å²) < 4.78 is 10.6. The second-order valence-electron chi connectivity index (χ2n) is 5.47. The maximum Gasteiger partial charge on any atom is 0.222 e. The summed E-state index contributed by atoms with van der Waals surface area (Å²) in [6.07, 6.45) is 0.938. The van der Waals surface area contributed by atoms with Crippen LogP contribution in [-0.4, -0.2) is 41.9 Å². The van der Waals surface area contributed by atoms with E-state index in [2.05, 4.69) is 29.1 Å². The highest BCUT2D eigenvalue weighted by Crippen LogP contribution is 2.34. The molecule has 0 fully saturated rings. The summed E-state index contributed by atoms with van der Waals surface area (Å²) in [6.45, 7) is 4.16. The molecule has 0 saturated carbocycles. The van der Waals surface area contributed by atoms with Gasteiger partial charge in [-0.25, -0.2) is 4.98 Å². The third-order valence-corrected chi connectivity index (χ3v) is 4.07. The zero-order chi connectivity index (χ0) is 17.0. The number of benzene rings is 1. The minimum atomic E-state index is -0.120. The van der Waals surface area contributed by atoms with Crippen molar-refractivity contribution in [2.75, 3.05) is 31.9 Å². The molecule has 1 aromatic heterocycles. The van der Waals surface area contributed by atoms with E-state index < -0.39 is 0 Å². The molecule has 0 aliphatic carbocycles. The van der Waals surface area contributed by atoms with Crippen molar-refractivity contribution in [2.45, 2.75) is 26.3 Å². The number of aromatic nitrogens is 2. The number of ether oxygens (including phenoxy) is 2. The Bertz CT molecular complexity index is 678. The van der Waals surface area contributed by atoms with E-state index in [-0.39, 0.29) is 24.5 Å². The van der Waals surface area contributed by atoms with E-state index in [1.54, 1.807) is 26.4 Å². The quantitative estimate of drug-likeness (QED) is 0.717. The molecule has 0 saturated heterocycles. The summed E-state index contributed by atoms with van der Waals surface area (Å²) in [5, 5.41) is 13.7. The van der Waals surface area contributed by atoms with Crippen LogP contribution in [0.1, 0.15) is 20.3 Å². The van der Waals surface area contributed by atoms with Crippen molar-refractivity contribution in [1.82, 2.24) is 9.97 Å². The normalized spacial score (nSPS) is 13.6. The van der Waals surface area contributed by atoms with Crippen LogP contribution in [0.4, 0.5) is 11.8 Å². The highest BCUT2D eigenvalue weighted by Gasteiger charge is 2.18. The van der Waals surface area contributed by atoms with Gasteiger partial charge in [0.25, 0.3) is 0 Å². The van der Waals surface area contributed by atoms with E-state index in [1.165, 1.54) is 0 Å². The second-order valence-corrected chi connectivity index (χ2v) is 5.47. The van der Waals surface area contributed by atoms with Gasteiger partial charge in [0.15, 0.2) is 11.5 Å². The lowest BCUT2D eigenvalue weighted by atomic mass is 10.00. The molecule has 2 atom stereocenters. The maximum absolute atomic E-state index is 9.63. The van der Waals surface area contributed by atoms with E-state index in [9.17, 15) is 5.11 Å². The van der Waals surface area contributed by atoms with Gasteiger partial charge in [0.1, 0.15) is 5.82 Å². The molecule has 2 aromatic rings. The fourth-order valence-electron chi connectivity index (χ4n) is 2.41. The van der Waals surface area contributed by atoms with Gasteiger partial charge in [-0.3, -0.25) is 0 Å². The van der Waals surface area contributed by atoms with Crippen LogP contribution < -0.4 is 20.5 Å². The number of aliphatic hydroxyl groups is 1. The van der Waals surface area contributed by atoms with Crippen molar-refractivity contribution < 1.29 is 14.6 Å². The fraction of sp³-hybridized carbons (Fsp3) is 0.500. The Balaban J connectivity index is 2.54. The van der Waals surface area contributed by atoms with Gasteiger partial charge < -0.3 is 25.6 Å². The van der Waals surface area contributed by atoms with Crippen LogP contribution in [0.2, 0.25) is 0 Å². The van der Waals surface area contributed by atoms with Crippen molar-refractivity contribution in [3.8, 4) is 11.5 Å². The van der Waals surface area contributed by atoms with Crippen molar-refractivity contribution >= 4 is 22.7 Å². The minimum absolute atomic E-state index is 0.00764. The highest BCUT2D eigenvalue weighted by molar-refractivity contribution is 5.92. The Labute approximate surface area is 135 Å². The number of fused-ring (bicyclic) bond motifs is 1. The van der Waals surface area contributed by atoms with Crippen LogP contribution in [0.15, 0.2) is 12.1 Å². The Hall–Kier alpha value is -2.28. The first-order valence-electron chi connectivity index (χ1n) is 7.60. The maximum atomic E-state index is 9.63. The SMILES string of the molecule is CCC(C)C(CO)Nc1nc(N)nc2cc(OC)c(OC)cc12. The van der Waals surface area contributed by atoms with Gasteiger partial charge in [-0.1, -0.05) is 20.3 Å². The Morgan fingerprint density at radius 3 is 2.43 bits per heavy atom. The number of nitrogens with one attached hydrogen (secondary N) is 1. The first-order chi connectivity index (χ1) is 11.0. The Morgan fingerprint density at radius 2 is 1.87 bits per heavy atom. The largest absolute Gasteiger partial charge is 0.493 e. The van der Waals surface area contributed by atoms with E-state index in [1.807, 2.05) is 0 Å². The summed E-state index contributed by atoms with van der Waals surface area (Å²) in [6, 6.07) is 3.45. The van der Waals surface area contributed by atoms with E-state index in [4.69, 9.17) is 15.2 Å². The van der Waals surface area contributed by atoms with Gasteiger partial charge in [0.05, 0.1) is 32.4 Å².